The number of carbonyl (C=O) groups excluding carboxylic acids is 2. The lowest BCUT2D eigenvalue weighted by molar-refractivity contribution is -0.127. The van der Waals surface area contributed by atoms with E-state index in [0.717, 1.165) is 22.5 Å². The maximum atomic E-state index is 12.7. The molecule has 146 valence electrons. The summed E-state index contributed by atoms with van der Waals surface area (Å²) in [5, 5.41) is 8.27. The largest absolute Gasteiger partial charge is 0.355 e. The fourth-order valence-electron chi connectivity index (χ4n) is 2.87. The van der Waals surface area contributed by atoms with Gasteiger partial charge in [0.1, 0.15) is 6.04 Å². The summed E-state index contributed by atoms with van der Waals surface area (Å²) in [7, 11) is 1.64. The highest BCUT2D eigenvalue weighted by molar-refractivity contribution is 7.99. The number of fused-ring (bicyclic) bond motifs is 2. The molecule has 0 saturated heterocycles. The van der Waals surface area contributed by atoms with E-state index in [-0.39, 0.29) is 23.1 Å². The third-order valence-electron chi connectivity index (χ3n) is 4.36. The van der Waals surface area contributed by atoms with Crippen molar-refractivity contribution < 1.29 is 9.59 Å². The molecule has 0 bridgehead atoms. The minimum absolute atomic E-state index is 0.0586. The van der Waals surface area contributed by atoms with Gasteiger partial charge in [0.15, 0.2) is 5.16 Å². The summed E-state index contributed by atoms with van der Waals surface area (Å²) in [6.45, 7) is 3.95. The van der Waals surface area contributed by atoms with Gasteiger partial charge in [-0.2, -0.15) is 0 Å². The molecule has 0 aliphatic heterocycles. The first-order valence-corrected chi connectivity index (χ1v) is 9.98. The molecule has 0 spiro atoms. The molecule has 1 heterocycles. The SMILES string of the molecule is CCNC(=O)[C@H](C)NC(=O)CSc1nc2cc3ccccc3cc2c(=O)n1C. The Bertz CT molecular complexity index is 1110. The van der Waals surface area contributed by atoms with E-state index < -0.39 is 6.04 Å². The smallest absolute Gasteiger partial charge is 0.261 e. The summed E-state index contributed by atoms with van der Waals surface area (Å²) < 4.78 is 1.45. The third kappa shape index (κ3) is 4.17. The van der Waals surface area contributed by atoms with Crippen molar-refractivity contribution in [2.45, 2.75) is 25.0 Å². The van der Waals surface area contributed by atoms with E-state index in [1.54, 1.807) is 14.0 Å². The average Bonchev–Trinajstić information content (AvgIpc) is 2.68. The molecule has 2 aromatic carbocycles. The van der Waals surface area contributed by atoms with Gasteiger partial charge in [0.25, 0.3) is 5.56 Å². The predicted molar refractivity (Wildman–Crippen MR) is 112 cm³/mol. The molecular formula is C20H22N4O3S. The average molecular weight is 398 g/mol. The molecular weight excluding hydrogens is 376 g/mol. The number of hydrogen-bond acceptors (Lipinski definition) is 5. The second kappa shape index (κ2) is 8.43. The summed E-state index contributed by atoms with van der Waals surface area (Å²) >= 11 is 1.16. The molecule has 0 saturated carbocycles. The van der Waals surface area contributed by atoms with Gasteiger partial charge < -0.3 is 10.6 Å². The number of aromatic nitrogens is 2. The molecule has 0 unspecified atom stereocenters. The van der Waals surface area contributed by atoms with Crippen molar-refractivity contribution in [3.05, 3.63) is 46.8 Å². The van der Waals surface area contributed by atoms with Gasteiger partial charge in [0, 0.05) is 13.6 Å². The van der Waals surface area contributed by atoms with E-state index in [0.29, 0.717) is 22.6 Å². The zero-order valence-corrected chi connectivity index (χ0v) is 16.8. The topological polar surface area (TPSA) is 93.1 Å². The first kappa shape index (κ1) is 19.9. The fourth-order valence-corrected chi connectivity index (χ4v) is 3.66. The Hall–Kier alpha value is -2.87. The highest BCUT2D eigenvalue weighted by Gasteiger charge is 2.16. The van der Waals surface area contributed by atoms with Crippen molar-refractivity contribution in [3.63, 3.8) is 0 Å². The first-order chi connectivity index (χ1) is 13.4. The van der Waals surface area contributed by atoms with Gasteiger partial charge in [0.05, 0.1) is 16.7 Å². The summed E-state index contributed by atoms with van der Waals surface area (Å²) in [5.41, 5.74) is 0.440. The van der Waals surface area contributed by atoms with Gasteiger partial charge in [-0.1, -0.05) is 36.0 Å². The van der Waals surface area contributed by atoms with Gasteiger partial charge in [0.2, 0.25) is 11.8 Å². The molecule has 1 aromatic heterocycles. The lowest BCUT2D eigenvalue weighted by Gasteiger charge is -2.13. The van der Waals surface area contributed by atoms with Crippen molar-refractivity contribution in [1.82, 2.24) is 20.2 Å². The van der Waals surface area contributed by atoms with Gasteiger partial charge >= 0.3 is 0 Å². The minimum Gasteiger partial charge on any atom is -0.355 e. The normalized spacial score (nSPS) is 12.1. The number of thioether (sulfide) groups is 1. The van der Waals surface area contributed by atoms with Crippen molar-refractivity contribution in [2.75, 3.05) is 12.3 Å². The highest BCUT2D eigenvalue weighted by atomic mass is 32.2. The maximum absolute atomic E-state index is 12.7. The number of nitrogens with one attached hydrogen (secondary N) is 2. The third-order valence-corrected chi connectivity index (χ3v) is 5.39. The second-order valence-corrected chi connectivity index (χ2v) is 7.39. The van der Waals surface area contributed by atoms with Gasteiger partial charge in [-0.3, -0.25) is 19.0 Å². The fraction of sp³-hybridized carbons (Fsp3) is 0.300. The highest BCUT2D eigenvalue weighted by Crippen LogP contribution is 2.22. The molecule has 0 aliphatic carbocycles. The van der Waals surface area contributed by atoms with E-state index in [1.165, 1.54) is 4.57 Å². The van der Waals surface area contributed by atoms with Crippen LogP contribution in [0.2, 0.25) is 0 Å². The summed E-state index contributed by atoms with van der Waals surface area (Å²) in [6, 6.07) is 10.9. The Balaban J connectivity index is 1.80. The molecule has 1 atom stereocenters. The number of likely N-dealkylation sites (N-methyl/N-ethyl adjacent to an activating group) is 1. The molecule has 2 N–H and O–H groups in total. The Labute approximate surface area is 166 Å². The molecule has 3 rings (SSSR count). The van der Waals surface area contributed by atoms with Crippen LogP contribution in [0.3, 0.4) is 0 Å². The zero-order valence-electron chi connectivity index (χ0n) is 16.0. The van der Waals surface area contributed by atoms with Crippen LogP contribution in [-0.4, -0.2) is 39.7 Å². The van der Waals surface area contributed by atoms with Crippen LogP contribution in [0, 0.1) is 0 Å². The molecule has 28 heavy (non-hydrogen) atoms. The van der Waals surface area contributed by atoms with Crippen LogP contribution in [0.25, 0.3) is 21.7 Å². The quantitative estimate of drug-likeness (QED) is 0.375. The lowest BCUT2D eigenvalue weighted by Crippen LogP contribution is -2.45. The summed E-state index contributed by atoms with van der Waals surface area (Å²) in [4.78, 5) is 41.2. The van der Waals surface area contributed by atoms with Crippen molar-refractivity contribution >= 4 is 45.3 Å². The zero-order chi connectivity index (χ0) is 20.3. The second-order valence-electron chi connectivity index (χ2n) is 6.45. The minimum atomic E-state index is -0.618. The van der Waals surface area contributed by atoms with Crippen LogP contribution >= 0.6 is 11.8 Å². The van der Waals surface area contributed by atoms with Crippen LogP contribution in [0.1, 0.15) is 13.8 Å². The Morgan fingerprint density at radius 3 is 2.57 bits per heavy atom. The van der Waals surface area contributed by atoms with Crippen molar-refractivity contribution in [3.8, 4) is 0 Å². The van der Waals surface area contributed by atoms with E-state index >= 15 is 0 Å². The van der Waals surface area contributed by atoms with Gasteiger partial charge in [-0.25, -0.2) is 4.98 Å². The number of hydrogen-bond donors (Lipinski definition) is 2. The molecule has 0 radical (unpaired) electrons. The Kier molecular flexibility index (Phi) is 5.99. The van der Waals surface area contributed by atoms with Crippen LogP contribution < -0.4 is 16.2 Å². The molecule has 3 aromatic rings. The molecule has 7 nitrogen and oxygen atoms in total. The van der Waals surface area contributed by atoms with E-state index in [9.17, 15) is 14.4 Å². The van der Waals surface area contributed by atoms with Gasteiger partial charge in [-0.15, -0.1) is 0 Å². The number of amides is 2. The monoisotopic (exact) mass is 398 g/mol. The molecule has 8 heteroatoms. The first-order valence-electron chi connectivity index (χ1n) is 9.00. The van der Waals surface area contributed by atoms with E-state index in [1.807, 2.05) is 43.3 Å². The van der Waals surface area contributed by atoms with Crippen LogP contribution in [0.5, 0.6) is 0 Å². The van der Waals surface area contributed by atoms with Crippen LogP contribution in [-0.2, 0) is 16.6 Å². The van der Waals surface area contributed by atoms with Crippen molar-refractivity contribution in [2.24, 2.45) is 7.05 Å². The van der Waals surface area contributed by atoms with Crippen LogP contribution in [0.15, 0.2) is 46.3 Å². The van der Waals surface area contributed by atoms with E-state index in [2.05, 4.69) is 15.6 Å². The number of rotatable bonds is 6. The maximum Gasteiger partial charge on any atom is 0.261 e. The number of nitrogens with zero attached hydrogens (tertiary/aromatic N) is 2. The Morgan fingerprint density at radius 1 is 1.21 bits per heavy atom. The predicted octanol–water partition coefficient (Wildman–Crippen LogP) is 1.82. The lowest BCUT2D eigenvalue weighted by atomic mass is 10.1. The van der Waals surface area contributed by atoms with Crippen molar-refractivity contribution in [1.29, 1.82) is 0 Å². The summed E-state index contributed by atoms with van der Waals surface area (Å²) in [6.07, 6.45) is 0. The molecule has 0 aliphatic rings. The molecule has 2 amide bonds. The summed E-state index contributed by atoms with van der Waals surface area (Å²) in [5.74, 6) is -0.469. The molecule has 0 fully saturated rings. The standard InChI is InChI=1S/C20H22N4O3S/c1-4-21-18(26)12(2)22-17(25)11-28-20-23-16-10-14-8-6-5-7-13(14)9-15(16)19(27)24(20)3/h5-10,12H,4,11H2,1-3H3,(H,21,26)(H,22,25)/t12-/m0/s1. The van der Waals surface area contributed by atoms with Gasteiger partial charge in [-0.05, 0) is 36.8 Å². The number of benzene rings is 2. The van der Waals surface area contributed by atoms with E-state index in [4.69, 9.17) is 0 Å². The van der Waals surface area contributed by atoms with Crippen LogP contribution in [0.4, 0.5) is 0 Å². The number of carbonyl (C=O) groups is 2. The Morgan fingerprint density at radius 2 is 1.89 bits per heavy atom.